The molecule has 2 saturated carbocycles. The van der Waals surface area contributed by atoms with Gasteiger partial charge >= 0.3 is 0 Å². The molecular weight excluding hydrogens is 564 g/mol. The highest BCUT2D eigenvalue weighted by atomic mass is 16.5. The SMILES string of the molecule is CC(C)Oc1ccc(-c2ccc(CCNC(=O)c3ccc4c5c3OC3C(O)CCC6(O)C(C4)N(CC4CC4)CCC536)cc2)cc1. The van der Waals surface area contributed by atoms with E-state index in [9.17, 15) is 15.0 Å². The zero-order valence-corrected chi connectivity index (χ0v) is 26.3. The van der Waals surface area contributed by atoms with E-state index >= 15 is 0 Å². The Morgan fingerprint density at radius 2 is 1.76 bits per heavy atom. The van der Waals surface area contributed by atoms with Crippen LogP contribution in [0.3, 0.4) is 0 Å². The minimum absolute atomic E-state index is 0.0215. The molecule has 3 aromatic rings. The van der Waals surface area contributed by atoms with Gasteiger partial charge in [0, 0.05) is 24.7 Å². The molecule has 7 heteroatoms. The zero-order chi connectivity index (χ0) is 30.9. The molecule has 236 valence electrons. The molecule has 2 bridgehead atoms. The molecule has 2 heterocycles. The van der Waals surface area contributed by atoms with Crippen LogP contribution >= 0.6 is 0 Å². The lowest BCUT2D eigenvalue weighted by Gasteiger charge is -2.63. The monoisotopic (exact) mass is 608 g/mol. The number of nitrogens with one attached hydrogen (secondary N) is 1. The molecule has 0 radical (unpaired) electrons. The molecule has 0 aromatic heterocycles. The van der Waals surface area contributed by atoms with Crippen molar-refractivity contribution < 1.29 is 24.5 Å². The number of benzene rings is 3. The summed E-state index contributed by atoms with van der Waals surface area (Å²) in [6.45, 7) is 6.47. The molecule has 5 atom stereocenters. The van der Waals surface area contributed by atoms with Crippen LogP contribution in [0.2, 0.25) is 0 Å². The normalized spacial score (nSPS) is 29.7. The molecule has 1 amide bonds. The Labute approximate surface area is 265 Å². The summed E-state index contributed by atoms with van der Waals surface area (Å²) in [7, 11) is 0. The van der Waals surface area contributed by atoms with Crippen LogP contribution < -0.4 is 14.8 Å². The van der Waals surface area contributed by atoms with Crippen LogP contribution in [-0.2, 0) is 18.3 Å². The Morgan fingerprint density at radius 3 is 2.47 bits per heavy atom. The van der Waals surface area contributed by atoms with E-state index < -0.39 is 23.2 Å². The van der Waals surface area contributed by atoms with Crippen LogP contribution in [0, 0.1) is 5.92 Å². The Balaban J connectivity index is 0.981. The van der Waals surface area contributed by atoms with Gasteiger partial charge in [-0.2, -0.15) is 0 Å². The lowest BCUT2D eigenvalue weighted by Crippen LogP contribution is -2.77. The van der Waals surface area contributed by atoms with Gasteiger partial charge in [0.2, 0.25) is 0 Å². The maximum Gasteiger partial charge on any atom is 0.255 e. The van der Waals surface area contributed by atoms with Crippen molar-refractivity contribution in [1.29, 1.82) is 0 Å². The Morgan fingerprint density at radius 1 is 1.02 bits per heavy atom. The fourth-order valence-electron chi connectivity index (χ4n) is 8.93. The first-order valence-corrected chi connectivity index (χ1v) is 16.9. The topological polar surface area (TPSA) is 91.3 Å². The predicted octanol–water partition coefficient (Wildman–Crippen LogP) is 5.04. The highest BCUT2D eigenvalue weighted by Gasteiger charge is 2.72. The van der Waals surface area contributed by atoms with Crippen molar-refractivity contribution in [3.05, 3.63) is 82.9 Å². The highest BCUT2D eigenvalue weighted by molar-refractivity contribution is 5.98. The van der Waals surface area contributed by atoms with Gasteiger partial charge in [-0.25, -0.2) is 0 Å². The summed E-state index contributed by atoms with van der Waals surface area (Å²) >= 11 is 0. The van der Waals surface area contributed by atoms with Gasteiger partial charge in [0.1, 0.15) is 17.6 Å². The summed E-state index contributed by atoms with van der Waals surface area (Å²) in [6.07, 6.45) is 4.80. The van der Waals surface area contributed by atoms with Gasteiger partial charge in [-0.1, -0.05) is 42.5 Å². The largest absolute Gasteiger partial charge is 0.491 e. The number of aliphatic hydroxyl groups is 2. The summed E-state index contributed by atoms with van der Waals surface area (Å²) in [4.78, 5) is 16.1. The van der Waals surface area contributed by atoms with Crippen LogP contribution in [0.4, 0.5) is 0 Å². The van der Waals surface area contributed by atoms with Crippen molar-refractivity contribution in [2.24, 2.45) is 5.92 Å². The molecule has 3 fully saturated rings. The van der Waals surface area contributed by atoms with Crippen molar-refractivity contribution in [3.8, 4) is 22.6 Å². The third-order valence-electron chi connectivity index (χ3n) is 11.2. The lowest BCUT2D eigenvalue weighted by atomic mass is 9.48. The maximum absolute atomic E-state index is 13.6. The fraction of sp³-hybridized carbons (Fsp3) is 0.500. The van der Waals surface area contributed by atoms with Gasteiger partial charge in [-0.3, -0.25) is 9.69 Å². The van der Waals surface area contributed by atoms with Gasteiger partial charge in [-0.05, 0) is 112 Å². The molecule has 1 spiro atoms. The molecule has 5 unspecified atom stereocenters. The van der Waals surface area contributed by atoms with Gasteiger partial charge in [0.05, 0.1) is 28.8 Å². The van der Waals surface area contributed by atoms with Gasteiger partial charge in [0.15, 0.2) is 0 Å². The molecule has 5 aliphatic rings. The number of piperidine rings is 1. The summed E-state index contributed by atoms with van der Waals surface area (Å²) in [5.74, 6) is 2.02. The first kappa shape index (κ1) is 29.0. The molecule has 3 aromatic carbocycles. The molecule has 45 heavy (non-hydrogen) atoms. The highest BCUT2D eigenvalue weighted by Crippen LogP contribution is 2.64. The van der Waals surface area contributed by atoms with E-state index in [4.69, 9.17) is 9.47 Å². The van der Waals surface area contributed by atoms with E-state index in [1.165, 1.54) is 12.8 Å². The average molecular weight is 609 g/mol. The number of nitrogens with zero attached hydrogens (tertiary/aromatic N) is 1. The Hall–Kier alpha value is -3.39. The molecule has 7 nitrogen and oxygen atoms in total. The molecule has 2 aliphatic heterocycles. The van der Waals surface area contributed by atoms with E-state index in [0.29, 0.717) is 37.1 Å². The fourth-order valence-corrected chi connectivity index (χ4v) is 8.93. The Bertz CT molecular complexity index is 1600. The summed E-state index contributed by atoms with van der Waals surface area (Å²) in [5.41, 5.74) is 4.44. The van der Waals surface area contributed by atoms with Gasteiger partial charge in [0.25, 0.3) is 5.91 Å². The minimum Gasteiger partial charge on any atom is -0.491 e. The number of ether oxygens (including phenoxy) is 2. The average Bonchev–Trinajstić information content (AvgIpc) is 3.77. The van der Waals surface area contributed by atoms with E-state index in [0.717, 1.165) is 65.4 Å². The molecular formula is C38H44N2O5. The number of rotatable bonds is 9. The van der Waals surface area contributed by atoms with Crippen molar-refractivity contribution >= 4 is 5.91 Å². The van der Waals surface area contributed by atoms with Crippen LogP contribution in [0.15, 0.2) is 60.7 Å². The maximum atomic E-state index is 13.6. The molecule has 8 rings (SSSR count). The Kier molecular flexibility index (Phi) is 7.01. The van der Waals surface area contributed by atoms with Crippen molar-refractivity contribution in [1.82, 2.24) is 10.2 Å². The van der Waals surface area contributed by atoms with Gasteiger partial charge < -0.3 is 25.0 Å². The molecule has 3 aliphatic carbocycles. The van der Waals surface area contributed by atoms with E-state index in [2.05, 4.69) is 52.7 Å². The predicted molar refractivity (Wildman–Crippen MR) is 173 cm³/mol. The second kappa shape index (κ2) is 10.9. The molecule has 3 N–H and O–H groups in total. The first-order chi connectivity index (χ1) is 21.8. The summed E-state index contributed by atoms with van der Waals surface area (Å²) < 4.78 is 12.3. The third kappa shape index (κ3) is 4.69. The quantitative estimate of drug-likeness (QED) is 0.316. The third-order valence-corrected chi connectivity index (χ3v) is 11.2. The number of likely N-dealkylation sites (tertiary alicyclic amines) is 1. The zero-order valence-electron chi connectivity index (χ0n) is 26.3. The minimum atomic E-state index is -0.965. The second-order valence-corrected chi connectivity index (χ2v) is 14.3. The van der Waals surface area contributed by atoms with Crippen LogP contribution in [0.5, 0.6) is 11.5 Å². The van der Waals surface area contributed by atoms with E-state index in [1.54, 1.807) is 0 Å². The van der Waals surface area contributed by atoms with E-state index in [1.807, 2.05) is 32.0 Å². The number of carbonyl (C=O) groups excluding carboxylic acids is 1. The van der Waals surface area contributed by atoms with Crippen molar-refractivity contribution in [2.75, 3.05) is 19.6 Å². The number of aliphatic hydroxyl groups excluding tert-OH is 1. The summed E-state index contributed by atoms with van der Waals surface area (Å²) in [6, 6.07) is 20.6. The van der Waals surface area contributed by atoms with Gasteiger partial charge in [-0.15, -0.1) is 0 Å². The van der Waals surface area contributed by atoms with Crippen LogP contribution in [0.1, 0.15) is 73.0 Å². The number of amides is 1. The van der Waals surface area contributed by atoms with E-state index in [-0.39, 0.29) is 18.1 Å². The first-order valence-electron chi connectivity index (χ1n) is 16.9. The standard InChI is InChI=1S/C38H44N2O5/c1-23(2)44-29-12-9-27(10-13-29)26-7-5-24(6-8-26)16-19-39-36(42)30-14-11-28-21-32-38(43)17-15-31(41)35-37(38,33(28)34(30)45-35)18-20-40(32)22-25-3-4-25/h5-14,23,25,31-32,35,41,43H,3-4,15-22H2,1-2H3,(H,39,42). The van der Waals surface area contributed by atoms with Crippen molar-refractivity contribution in [3.63, 3.8) is 0 Å². The number of carbonyl (C=O) groups is 1. The molecule has 1 saturated heterocycles. The smallest absolute Gasteiger partial charge is 0.255 e. The second-order valence-electron chi connectivity index (χ2n) is 14.3. The summed E-state index contributed by atoms with van der Waals surface area (Å²) in [5, 5.41) is 26.8. The van der Waals surface area contributed by atoms with Crippen LogP contribution in [-0.4, -0.2) is 70.6 Å². The van der Waals surface area contributed by atoms with Crippen LogP contribution in [0.25, 0.3) is 11.1 Å². The lowest BCUT2D eigenvalue weighted by molar-refractivity contribution is -0.208. The van der Waals surface area contributed by atoms with Crippen molar-refractivity contribution in [2.45, 2.75) is 94.2 Å². The number of hydrogen-bond donors (Lipinski definition) is 3. The number of hydrogen-bond acceptors (Lipinski definition) is 6.